The van der Waals surface area contributed by atoms with Crippen molar-refractivity contribution in [2.75, 3.05) is 20.7 Å². The molecular weight excluding hydrogens is 278 g/mol. The van der Waals surface area contributed by atoms with Crippen LogP contribution in [0.15, 0.2) is 42.7 Å². The molecule has 0 bridgehead atoms. The third-order valence-electron chi connectivity index (χ3n) is 3.49. The molecule has 1 atom stereocenters. The Balaban J connectivity index is 2.13. The zero-order chi connectivity index (χ0) is 15.9. The minimum absolute atomic E-state index is 0.120. The summed E-state index contributed by atoms with van der Waals surface area (Å²) in [5.74, 6) is 0.677. The van der Waals surface area contributed by atoms with Crippen LogP contribution in [0.25, 0.3) is 11.1 Å². The summed E-state index contributed by atoms with van der Waals surface area (Å²) < 4.78 is 5.15. The molecule has 0 aliphatic heterocycles. The molecule has 0 saturated heterocycles. The smallest absolute Gasteiger partial charge is 0.252 e. The molecule has 5 nitrogen and oxygen atoms in total. The van der Waals surface area contributed by atoms with Crippen molar-refractivity contribution in [1.82, 2.24) is 15.6 Å². The van der Waals surface area contributed by atoms with E-state index in [-0.39, 0.29) is 11.9 Å². The van der Waals surface area contributed by atoms with E-state index in [2.05, 4.69) is 15.6 Å². The fourth-order valence-corrected chi connectivity index (χ4v) is 1.96. The molecule has 0 fully saturated rings. The molecule has 1 unspecified atom stereocenters. The Hall–Kier alpha value is -2.40. The van der Waals surface area contributed by atoms with Crippen molar-refractivity contribution in [1.29, 1.82) is 0 Å². The molecular formula is C17H21N3O2. The summed E-state index contributed by atoms with van der Waals surface area (Å²) in [5.41, 5.74) is 2.44. The van der Waals surface area contributed by atoms with Gasteiger partial charge in [-0.2, -0.15) is 0 Å². The number of carbonyl (C=O) groups excluding carboxylic acids is 1. The van der Waals surface area contributed by atoms with E-state index in [0.717, 1.165) is 16.9 Å². The highest BCUT2D eigenvalue weighted by atomic mass is 16.5. The minimum Gasteiger partial charge on any atom is -0.497 e. The molecule has 1 aromatic carbocycles. The standard InChI is InChI=1S/C17H21N3O2/c1-12(18-2)9-20-17(21)15-8-14(10-19-11-15)13-4-6-16(22-3)7-5-13/h4-8,10-12,18H,9H2,1-3H3,(H,20,21). The number of hydrogen-bond acceptors (Lipinski definition) is 4. The number of aromatic nitrogens is 1. The SMILES string of the molecule is CNC(C)CNC(=O)c1cncc(-c2ccc(OC)cc2)c1. The lowest BCUT2D eigenvalue weighted by atomic mass is 10.1. The van der Waals surface area contributed by atoms with Crippen LogP contribution >= 0.6 is 0 Å². The van der Waals surface area contributed by atoms with Gasteiger partial charge in [0.05, 0.1) is 12.7 Å². The fourth-order valence-electron chi connectivity index (χ4n) is 1.96. The first-order valence-corrected chi connectivity index (χ1v) is 7.19. The monoisotopic (exact) mass is 299 g/mol. The highest BCUT2D eigenvalue weighted by Gasteiger charge is 2.09. The third kappa shape index (κ3) is 4.05. The molecule has 1 heterocycles. The minimum atomic E-state index is -0.120. The van der Waals surface area contributed by atoms with E-state index in [0.29, 0.717) is 12.1 Å². The van der Waals surface area contributed by atoms with Crippen molar-refractivity contribution in [3.63, 3.8) is 0 Å². The van der Waals surface area contributed by atoms with Gasteiger partial charge < -0.3 is 15.4 Å². The largest absolute Gasteiger partial charge is 0.497 e. The van der Waals surface area contributed by atoms with Crippen molar-refractivity contribution < 1.29 is 9.53 Å². The molecule has 0 aliphatic rings. The zero-order valence-corrected chi connectivity index (χ0v) is 13.1. The van der Waals surface area contributed by atoms with Gasteiger partial charge >= 0.3 is 0 Å². The van der Waals surface area contributed by atoms with Crippen LogP contribution in [-0.4, -0.2) is 37.6 Å². The summed E-state index contributed by atoms with van der Waals surface area (Å²) in [5, 5.41) is 5.96. The average molecular weight is 299 g/mol. The Morgan fingerprint density at radius 3 is 2.59 bits per heavy atom. The highest BCUT2D eigenvalue weighted by Crippen LogP contribution is 2.22. The Bertz CT molecular complexity index is 626. The van der Waals surface area contributed by atoms with Gasteiger partial charge in [-0.25, -0.2) is 0 Å². The number of nitrogens with one attached hydrogen (secondary N) is 2. The van der Waals surface area contributed by atoms with Gasteiger partial charge in [0.15, 0.2) is 0 Å². The molecule has 0 spiro atoms. The summed E-state index contributed by atoms with van der Waals surface area (Å²) in [6.45, 7) is 2.58. The Kier molecular flexibility index (Phi) is 5.49. The molecule has 116 valence electrons. The van der Waals surface area contributed by atoms with Crippen molar-refractivity contribution >= 4 is 5.91 Å². The van der Waals surface area contributed by atoms with Gasteiger partial charge in [0.2, 0.25) is 0 Å². The summed E-state index contributed by atoms with van der Waals surface area (Å²) >= 11 is 0. The number of carbonyl (C=O) groups is 1. The molecule has 1 amide bonds. The van der Waals surface area contributed by atoms with E-state index in [4.69, 9.17) is 4.74 Å². The number of pyridine rings is 1. The van der Waals surface area contributed by atoms with Gasteiger partial charge in [0.1, 0.15) is 5.75 Å². The van der Waals surface area contributed by atoms with Crippen LogP contribution in [0.1, 0.15) is 17.3 Å². The first kappa shape index (κ1) is 16.0. The highest BCUT2D eigenvalue weighted by molar-refractivity contribution is 5.95. The van der Waals surface area contributed by atoms with E-state index in [1.165, 1.54) is 0 Å². The van der Waals surface area contributed by atoms with Crippen LogP contribution in [-0.2, 0) is 0 Å². The summed E-state index contributed by atoms with van der Waals surface area (Å²) in [6, 6.07) is 9.73. The first-order valence-electron chi connectivity index (χ1n) is 7.19. The summed E-state index contributed by atoms with van der Waals surface area (Å²) in [7, 11) is 3.50. The zero-order valence-electron chi connectivity index (χ0n) is 13.1. The van der Waals surface area contributed by atoms with Crippen molar-refractivity contribution in [3.8, 4) is 16.9 Å². The van der Waals surface area contributed by atoms with Crippen LogP contribution < -0.4 is 15.4 Å². The van der Waals surface area contributed by atoms with Gasteiger partial charge in [0.25, 0.3) is 5.91 Å². The van der Waals surface area contributed by atoms with E-state index in [1.54, 1.807) is 19.5 Å². The molecule has 2 rings (SSSR count). The van der Waals surface area contributed by atoms with Crippen LogP contribution in [0.2, 0.25) is 0 Å². The molecule has 1 aromatic heterocycles. The van der Waals surface area contributed by atoms with Gasteiger partial charge in [-0.05, 0) is 37.7 Å². The summed E-state index contributed by atoms with van der Waals surface area (Å²) in [6.07, 6.45) is 3.32. The second-order valence-electron chi connectivity index (χ2n) is 5.09. The number of methoxy groups -OCH3 is 1. The van der Waals surface area contributed by atoms with Gasteiger partial charge in [-0.15, -0.1) is 0 Å². The Morgan fingerprint density at radius 2 is 1.95 bits per heavy atom. The Labute approximate surface area is 130 Å². The Morgan fingerprint density at radius 1 is 1.23 bits per heavy atom. The van der Waals surface area contributed by atoms with Crippen LogP contribution in [0.5, 0.6) is 5.75 Å². The lowest BCUT2D eigenvalue weighted by molar-refractivity contribution is 0.0950. The van der Waals surface area contributed by atoms with Crippen LogP contribution in [0, 0.1) is 0 Å². The lowest BCUT2D eigenvalue weighted by Crippen LogP contribution is -2.37. The molecule has 2 aromatic rings. The van der Waals surface area contributed by atoms with Crippen molar-refractivity contribution in [3.05, 3.63) is 48.3 Å². The second-order valence-corrected chi connectivity index (χ2v) is 5.09. The second kappa shape index (κ2) is 7.56. The maximum absolute atomic E-state index is 12.2. The lowest BCUT2D eigenvalue weighted by Gasteiger charge is -2.11. The molecule has 2 N–H and O–H groups in total. The third-order valence-corrected chi connectivity index (χ3v) is 3.49. The first-order chi connectivity index (χ1) is 10.6. The maximum Gasteiger partial charge on any atom is 0.252 e. The molecule has 22 heavy (non-hydrogen) atoms. The average Bonchev–Trinajstić information content (AvgIpc) is 2.59. The number of rotatable bonds is 6. The molecule has 0 saturated carbocycles. The number of nitrogens with zero attached hydrogens (tertiary/aromatic N) is 1. The topological polar surface area (TPSA) is 63.2 Å². The fraction of sp³-hybridized carbons (Fsp3) is 0.294. The normalized spacial score (nSPS) is 11.8. The molecule has 5 heteroatoms. The number of ether oxygens (including phenoxy) is 1. The predicted octanol–water partition coefficient (Wildman–Crippen LogP) is 2.09. The number of benzene rings is 1. The van der Waals surface area contributed by atoms with Crippen LogP contribution in [0.4, 0.5) is 0 Å². The predicted molar refractivity (Wildman–Crippen MR) is 87.1 cm³/mol. The van der Waals surface area contributed by atoms with Crippen LogP contribution in [0.3, 0.4) is 0 Å². The molecule has 0 aliphatic carbocycles. The number of amides is 1. The number of hydrogen-bond donors (Lipinski definition) is 2. The van der Waals surface area contributed by atoms with E-state index in [9.17, 15) is 4.79 Å². The van der Waals surface area contributed by atoms with E-state index >= 15 is 0 Å². The summed E-state index contributed by atoms with van der Waals surface area (Å²) in [4.78, 5) is 16.3. The molecule has 0 radical (unpaired) electrons. The van der Waals surface area contributed by atoms with E-state index < -0.39 is 0 Å². The van der Waals surface area contributed by atoms with E-state index in [1.807, 2.05) is 44.3 Å². The van der Waals surface area contributed by atoms with Gasteiger partial charge in [-0.3, -0.25) is 9.78 Å². The van der Waals surface area contributed by atoms with Crippen molar-refractivity contribution in [2.24, 2.45) is 0 Å². The van der Waals surface area contributed by atoms with Gasteiger partial charge in [-0.1, -0.05) is 12.1 Å². The maximum atomic E-state index is 12.2. The number of likely N-dealkylation sites (N-methyl/N-ethyl adjacent to an activating group) is 1. The quantitative estimate of drug-likeness (QED) is 0.857. The van der Waals surface area contributed by atoms with Crippen molar-refractivity contribution in [2.45, 2.75) is 13.0 Å². The van der Waals surface area contributed by atoms with Gasteiger partial charge in [0, 0.05) is 30.5 Å².